The predicted octanol–water partition coefficient (Wildman–Crippen LogP) is 2.87. The molecule has 2 fully saturated rings. The van der Waals surface area contributed by atoms with Gasteiger partial charge in [-0.3, -0.25) is 4.90 Å². The minimum atomic E-state index is -1.33. The Labute approximate surface area is 169 Å². The van der Waals surface area contributed by atoms with Gasteiger partial charge in [-0.1, -0.05) is 31.7 Å². The number of likely N-dealkylation sites (tertiary alicyclic amines) is 1. The Bertz CT molecular complexity index is 669. The first-order valence-corrected chi connectivity index (χ1v) is 10.8. The smallest absolute Gasteiger partial charge is 0.137 e. The predicted molar refractivity (Wildman–Crippen MR) is 111 cm³/mol. The third kappa shape index (κ3) is 5.07. The number of nitrogens with zero attached hydrogens (tertiary/aromatic N) is 1. The largest absolute Gasteiger partial charge is 0.490 e. The lowest BCUT2D eigenvalue weighted by atomic mass is 9.87. The molecular weight excluding hydrogens is 354 g/mol. The van der Waals surface area contributed by atoms with E-state index in [1.807, 2.05) is 19.9 Å². The number of aliphatic hydroxyl groups is 3. The fourth-order valence-corrected chi connectivity index (χ4v) is 4.74. The van der Waals surface area contributed by atoms with E-state index in [1.54, 1.807) is 0 Å². The van der Waals surface area contributed by atoms with Gasteiger partial charge in [0.2, 0.25) is 0 Å². The fraction of sp³-hybridized carbons (Fsp3) is 0.739. The van der Waals surface area contributed by atoms with Crippen LogP contribution < -0.4 is 4.74 Å². The van der Waals surface area contributed by atoms with Crippen LogP contribution >= 0.6 is 0 Å². The topological polar surface area (TPSA) is 73.2 Å². The molecule has 2 aliphatic rings. The average molecular weight is 392 g/mol. The standard InChI is InChI=1S/C23H37NO4/c1-17-12-18(2)19(3)20(13-17)28-16-23(27)15-24(11-8-21(23)25)14-22(26)9-6-4-5-7-10-22/h12-13,21,25-27H,4-11,14-16H2,1-3H3/t21-,23-/m0/s1. The molecule has 0 amide bonds. The molecule has 0 bridgehead atoms. The lowest BCUT2D eigenvalue weighted by Crippen LogP contribution is -2.61. The molecule has 1 aromatic carbocycles. The summed E-state index contributed by atoms with van der Waals surface area (Å²) in [7, 11) is 0. The lowest BCUT2D eigenvalue weighted by molar-refractivity contribution is -0.148. The lowest BCUT2D eigenvalue weighted by Gasteiger charge is -2.44. The van der Waals surface area contributed by atoms with E-state index < -0.39 is 17.3 Å². The number of rotatable bonds is 5. The second kappa shape index (κ2) is 8.70. The van der Waals surface area contributed by atoms with Crippen molar-refractivity contribution in [2.75, 3.05) is 26.2 Å². The Kier molecular flexibility index (Phi) is 6.70. The molecule has 158 valence electrons. The van der Waals surface area contributed by atoms with Crippen molar-refractivity contribution in [3.63, 3.8) is 0 Å². The number of aliphatic hydroxyl groups excluding tert-OH is 1. The van der Waals surface area contributed by atoms with Gasteiger partial charge in [0.15, 0.2) is 0 Å². The second-order valence-electron chi connectivity index (χ2n) is 9.25. The molecule has 1 aliphatic carbocycles. The monoisotopic (exact) mass is 391 g/mol. The maximum atomic E-state index is 11.2. The molecule has 0 spiro atoms. The minimum Gasteiger partial charge on any atom is -0.490 e. The maximum absolute atomic E-state index is 11.2. The van der Waals surface area contributed by atoms with Crippen LogP contribution in [0, 0.1) is 20.8 Å². The highest BCUT2D eigenvalue weighted by molar-refractivity contribution is 5.42. The number of ether oxygens (including phenoxy) is 1. The van der Waals surface area contributed by atoms with Crippen molar-refractivity contribution in [1.29, 1.82) is 0 Å². The third-order valence-corrected chi connectivity index (χ3v) is 6.63. The number of piperidine rings is 1. The van der Waals surface area contributed by atoms with Gasteiger partial charge in [-0.05, 0) is 62.8 Å². The van der Waals surface area contributed by atoms with Crippen molar-refractivity contribution in [3.8, 4) is 5.75 Å². The summed E-state index contributed by atoms with van der Waals surface area (Å²) < 4.78 is 6.00. The molecular formula is C23H37NO4. The van der Waals surface area contributed by atoms with E-state index in [4.69, 9.17) is 4.74 Å². The number of hydrogen-bond donors (Lipinski definition) is 3. The summed E-state index contributed by atoms with van der Waals surface area (Å²) in [5.41, 5.74) is 1.33. The zero-order valence-electron chi connectivity index (χ0n) is 17.7. The van der Waals surface area contributed by atoms with Gasteiger partial charge in [0.25, 0.3) is 0 Å². The van der Waals surface area contributed by atoms with Crippen LogP contribution in [0.15, 0.2) is 12.1 Å². The van der Waals surface area contributed by atoms with Crippen LogP contribution in [0.25, 0.3) is 0 Å². The van der Waals surface area contributed by atoms with E-state index in [0.717, 1.165) is 48.1 Å². The van der Waals surface area contributed by atoms with E-state index in [2.05, 4.69) is 17.9 Å². The van der Waals surface area contributed by atoms with Crippen LogP contribution in [-0.4, -0.2) is 63.8 Å². The molecule has 2 atom stereocenters. The van der Waals surface area contributed by atoms with Gasteiger partial charge in [0.1, 0.15) is 18.0 Å². The summed E-state index contributed by atoms with van der Waals surface area (Å²) in [6, 6.07) is 4.09. The van der Waals surface area contributed by atoms with Crippen molar-refractivity contribution in [1.82, 2.24) is 4.90 Å². The molecule has 0 radical (unpaired) electrons. The molecule has 1 aliphatic heterocycles. The first kappa shape index (κ1) is 21.6. The molecule has 5 nitrogen and oxygen atoms in total. The first-order chi connectivity index (χ1) is 13.2. The third-order valence-electron chi connectivity index (χ3n) is 6.63. The highest BCUT2D eigenvalue weighted by Crippen LogP contribution is 2.31. The van der Waals surface area contributed by atoms with Crippen LogP contribution in [-0.2, 0) is 0 Å². The quantitative estimate of drug-likeness (QED) is 0.673. The maximum Gasteiger partial charge on any atom is 0.137 e. The van der Waals surface area contributed by atoms with E-state index in [9.17, 15) is 15.3 Å². The van der Waals surface area contributed by atoms with Gasteiger partial charge in [-0.15, -0.1) is 0 Å². The number of aryl methyl sites for hydroxylation is 2. The Morgan fingerprint density at radius 1 is 1.07 bits per heavy atom. The summed E-state index contributed by atoms with van der Waals surface area (Å²) in [4.78, 5) is 2.11. The fourth-order valence-electron chi connectivity index (χ4n) is 4.74. The van der Waals surface area contributed by atoms with Gasteiger partial charge in [0.05, 0.1) is 11.7 Å². The minimum absolute atomic E-state index is 0.0484. The van der Waals surface area contributed by atoms with Crippen LogP contribution in [0.2, 0.25) is 0 Å². The highest BCUT2D eigenvalue weighted by atomic mass is 16.5. The van der Waals surface area contributed by atoms with Crippen molar-refractivity contribution < 1.29 is 20.1 Å². The molecule has 1 heterocycles. The molecule has 0 unspecified atom stereocenters. The van der Waals surface area contributed by atoms with Gasteiger partial charge in [0, 0.05) is 19.6 Å². The zero-order valence-corrected chi connectivity index (χ0v) is 17.7. The van der Waals surface area contributed by atoms with E-state index in [-0.39, 0.29) is 6.61 Å². The van der Waals surface area contributed by atoms with E-state index in [1.165, 1.54) is 12.8 Å². The van der Waals surface area contributed by atoms with Crippen LogP contribution in [0.4, 0.5) is 0 Å². The molecule has 1 aromatic rings. The molecule has 0 aromatic heterocycles. The van der Waals surface area contributed by atoms with Gasteiger partial charge in [-0.25, -0.2) is 0 Å². The Hall–Kier alpha value is -1.14. The molecule has 1 saturated heterocycles. The summed E-state index contributed by atoms with van der Waals surface area (Å²) in [5, 5.41) is 32.7. The number of β-amino-alcohol motifs (C(OH)–C–C–N with tert-alkyl or cyclic N) is 2. The van der Waals surface area contributed by atoms with Gasteiger partial charge >= 0.3 is 0 Å². The van der Waals surface area contributed by atoms with Crippen LogP contribution in [0.3, 0.4) is 0 Å². The van der Waals surface area contributed by atoms with Crippen LogP contribution in [0.1, 0.15) is 61.6 Å². The second-order valence-corrected chi connectivity index (χ2v) is 9.25. The molecule has 5 heteroatoms. The number of hydrogen-bond acceptors (Lipinski definition) is 5. The van der Waals surface area contributed by atoms with Crippen LogP contribution in [0.5, 0.6) is 5.75 Å². The molecule has 3 N–H and O–H groups in total. The zero-order chi connectivity index (χ0) is 20.4. The van der Waals surface area contributed by atoms with Crippen molar-refractivity contribution >= 4 is 0 Å². The van der Waals surface area contributed by atoms with Gasteiger partial charge in [-0.2, -0.15) is 0 Å². The highest BCUT2D eigenvalue weighted by Gasteiger charge is 2.44. The SMILES string of the molecule is Cc1cc(C)c(C)c(OC[C@@]2(O)CN(CC3(O)CCCCCC3)CC[C@@H]2O)c1. The van der Waals surface area contributed by atoms with Crippen molar-refractivity contribution in [2.45, 2.75) is 83.0 Å². The summed E-state index contributed by atoms with van der Waals surface area (Å²) in [6.45, 7) is 7.71. The molecule has 3 rings (SSSR count). The first-order valence-electron chi connectivity index (χ1n) is 10.8. The average Bonchev–Trinajstić information content (AvgIpc) is 2.84. The molecule has 1 saturated carbocycles. The Balaban J connectivity index is 1.66. The van der Waals surface area contributed by atoms with Crippen molar-refractivity contribution in [2.24, 2.45) is 0 Å². The van der Waals surface area contributed by atoms with Crippen molar-refractivity contribution in [3.05, 3.63) is 28.8 Å². The summed E-state index contributed by atoms with van der Waals surface area (Å²) >= 11 is 0. The Morgan fingerprint density at radius 3 is 2.43 bits per heavy atom. The Morgan fingerprint density at radius 2 is 1.75 bits per heavy atom. The number of benzene rings is 1. The van der Waals surface area contributed by atoms with E-state index >= 15 is 0 Å². The van der Waals surface area contributed by atoms with E-state index in [0.29, 0.717) is 26.1 Å². The normalized spacial score (nSPS) is 28.7. The molecule has 28 heavy (non-hydrogen) atoms. The summed E-state index contributed by atoms with van der Waals surface area (Å²) in [6.07, 6.45) is 5.81. The summed E-state index contributed by atoms with van der Waals surface area (Å²) in [5.74, 6) is 0.762. The van der Waals surface area contributed by atoms with Gasteiger partial charge < -0.3 is 20.1 Å².